The second kappa shape index (κ2) is 8.16. The zero-order chi connectivity index (χ0) is 16.1. The molecule has 0 bridgehead atoms. The topological polar surface area (TPSA) is 75.8 Å². The van der Waals surface area contributed by atoms with Gasteiger partial charge in [-0.25, -0.2) is 4.79 Å². The number of carboxylic acid groups (broad SMARTS) is 1. The van der Waals surface area contributed by atoms with Crippen LogP contribution in [0.3, 0.4) is 0 Å². The monoisotopic (exact) mass is 312 g/mol. The summed E-state index contributed by atoms with van der Waals surface area (Å²) in [5.74, 6) is 0.829. The van der Waals surface area contributed by atoms with Gasteiger partial charge in [-0.2, -0.15) is 0 Å². The molecule has 1 amide bonds. The summed E-state index contributed by atoms with van der Waals surface area (Å²) in [6, 6.07) is 0.520. The highest BCUT2D eigenvalue weighted by Crippen LogP contribution is 2.28. The molecule has 2 fully saturated rings. The Hall–Kier alpha value is -0.810. The highest BCUT2D eigenvalue weighted by molar-refractivity contribution is 5.66. The minimum atomic E-state index is -0.811. The van der Waals surface area contributed by atoms with Crippen LogP contribution < -0.4 is 5.73 Å². The van der Waals surface area contributed by atoms with Crippen LogP contribution in [0.5, 0.6) is 0 Å². The first-order chi connectivity index (χ1) is 10.5. The zero-order valence-corrected chi connectivity index (χ0v) is 14.0. The summed E-state index contributed by atoms with van der Waals surface area (Å²) in [5, 5.41) is 9.22. The third kappa shape index (κ3) is 4.85. The van der Waals surface area contributed by atoms with E-state index in [9.17, 15) is 9.90 Å². The normalized spacial score (nSPS) is 36.3. The highest BCUT2D eigenvalue weighted by Gasteiger charge is 2.34. The predicted molar refractivity (Wildman–Crippen MR) is 86.9 cm³/mol. The minimum absolute atomic E-state index is 0.0473. The van der Waals surface area contributed by atoms with E-state index in [4.69, 9.17) is 10.5 Å². The quantitative estimate of drug-likeness (QED) is 0.764. The van der Waals surface area contributed by atoms with Gasteiger partial charge in [0, 0.05) is 24.7 Å². The molecule has 2 aliphatic rings. The largest absolute Gasteiger partial charge is 0.465 e. The second-order valence-electron chi connectivity index (χ2n) is 7.28. The molecule has 0 aromatic carbocycles. The number of ether oxygens (including phenoxy) is 1. The SMILES string of the molecule is CC1CC(OCCCC2CCC(N)CC2)CC(C)N1C(=O)O. The average molecular weight is 312 g/mol. The molecule has 5 nitrogen and oxygen atoms in total. The summed E-state index contributed by atoms with van der Waals surface area (Å²) in [4.78, 5) is 12.8. The molecule has 3 N–H and O–H groups in total. The van der Waals surface area contributed by atoms with Gasteiger partial charge in [-0.1, -0.05) is 0 Å². The Balaban J connectivity index is 1.62. The van der Waals surface area contributed by atoms with Crippen molar-refractivity contribution >= 4 is 6.09 Å². The van der Waals surface area contributed by atoms with Crippen LogP contribution in [0.2, 0.25) is 0 Å². The highest BCUT2D eigenvalue weighted by atomic mass is 16.5. The molecule has 1 aliphatic carbocycles. The number of amides is 1. The Labute approximate surface area is 134 Å². The van der Waals surface area contributed by atoms with Crippen molar-refractivity contribution < 1.29 is 14.6 Å². The van der Waals surface area contributed by atoms with Gasteiger partial charge in [0.25, 0.3) is 0 Å². The molecule has 22 heavy (non-hydrogen) atoms. The fraction of sp³-hybridized carbons (Fsp3) is 0.941. The second-order valence-corrected chi connectivity index (χ2v) is 7.28. The Morgan fingerprint density at radius 2 is 1.77 bits per heavy atom. The summed E-state index contributed by atoms with van der Waals surface area (Å²) in [6.07, 6.45) is 8.27. The number of carbonyl (C=O) groups is 1. The fourth-order valence-corrected chi connectivity index (χ4v) is 4.13. The first-order valence-corrected chi connectivity index (χ1v) is 8.85. The van der Waals surface area contributed by atoms with E-state index in [-0.39, 0.29) is 18.2 Å². The maximum atomic E-state index is 11.2. The van der Waals surface area contributed by atoms with Gasteiger partial charge in [-0.05, 0) is 71.1 Å². The molecule has 1 heterocycles. The van der Waals surface area contributed by atoms with Crippen LogP contribution in [-0.4, -0.2) is 46.9 Å². The van der Waals surface area contributed by atoms with Crippen molar-refractivity contribution in [3.63, 3.8) is 0 Å². The lowest BCUT2D eigenvalue weighted by atomic mass is 9.84. The Morgan fingerprint density at radius 1 is 1.18 bits per heavy atom. The molecule has 0 radical (unpaired) electrons. The summed E-state index contributed by atoms with van der Waals surface area (Å²) in [6.45, 7) is 4.76. The standard InChI is InChI=1S/C17H32N2O3/c1-12-10-16(11-13(2)19(12)17(20)21)22-9-3-4-14-5-7-15(18)8-6-14/h12-16H,3-11,18H2,1-2H3,(H,20,21). The van der Waals surface area contributed by atoms with Crippen LogP contribution >= 0.6 is 0 Å². The van der Waals surface area contributed by atoms with Crippen molar-refractivity contribution in [1.82, 2.24) is 4.90 Å². The van der Waals surface area contributed by atoms with Crippen molar-refractivity contribution in [2.45, 2.75) is 89.4 Å². The molecule has 1 saturated heterocycles. The van der Waals surface area contributed by atoms with E-state index in [1.54, 1.807) is 4.90 Å². The predicted octanol–water partition coefficient (Wildman–Crippen LogP) is 3.22. The zero-order valence-electron chi connectivity index (χ0n) is 14.0. The van der Waals surface area contributed by atoms with E-state index in [1.165, 1.54) is 32.1 Å². The van der Waals surface area contributed by atoms with Crippen LogP contribution in [0.25, 0.3) is 0 Å². The lowest BCUT2D eigenvalue weighted by Gasteiger charge is -2.40. The maximum Gasteiger partial charge on any atom is 0.407 e. The van der Waals surface area contributed by atoms with Crippen LogP contribution in [-0.2, 0) is 4.74 Å². The fourth-order valence-electron chi connectivity index (χ4n) is 4.13. The van der Waals surface area contributed by atoms with Crippen molar-refractivity contribution in [2.24, 2.45) is 11.7 Å². The molecule has 2 atom stereocenters. The number of piperidine rings is 1. The minimum Gasteiger partial charge on any atom is -0.465 e. The van der Waals surface area contributed by atoms with Crippen LogP contribution in [0, 0.1) is 5.92 Å². The van der Waals surface area contributed by atoms with Gasteiger partial charge in [-0.3, -0.25) is 0 Å². The molecular formula is C17H32N2O3. The molecule has 2 unspecified atom stereocenters. The van der Waals surface area contributed by atoms with E-state index in [0.29, 0.717) is 6.04 Å². The van der Waals surface area contributed by atoms with Gasteiger partial charge in [0.05, 0.1) is 6.10 Å². The molecule has 0 aromatic rings. The molecule has 128 valence electrons. The Morgan fingerprint density at radius 3 is 2.32 bits per heavy atom. The average Bonchev–Trinajstić information content (AvgIpc) is 2.44. The molecule has 5 heteroatoms. The van der Waals surface area contributed by atoms with Crippen LogP contribution in [0.4, 0.5) is 4.79 Å². The van der Waals surface area contributed by atoms with Gasteiger partial charge < -0.3 is 20.5 Å². The molecule has 0 aromatic heterocycles. The maximum absolute atomic E-state index is 11.2. The van der Waals surface area contributed by atoms with E-state index in [0.717, 1.165) is 31.8 Å². The van der Waals surface area contributed by atoms with E-state index in [1.807, 2.05) is 13.8 Å². The van der Waals surface area contributed by atoms with Gasteiger partial charge in [0.2, 0.25) is 0 Å². The van der Waals surface area contributed by atoms with Crippen LogP contribution in [0.15, 0.2) is 0 Å². The Bertz CT molecular complexity index is 344. The molecule has 1 saturated carbocycles. The number of hydrogen-bond acceptors (Lipinski definition) is 3. The van der Waals surface area contributed by atoms with Gasteiger partial charge in [-0.15, -0.1) is 0 Å². The summed E-state index contributed by atoms with van der Waals surface area (Å²) in [7, 11) is 0. The smallest absolute Gasteiger partial charge is 0.407 e. The molecule has 2 rings (SSSR count). The van der Waals surface area contributed by atoms with E-state index in [2.05, 4.69) is 0 Å². The molecular weight excluding hydrogens is 280 g/mol. The Kier molecular flexibility index (Phi) is 6.50. The van der Waals surface area contributed by atoms with Gasteiger partial charge in [0.15, 0.2) is 0 Å². The van der Waals surface area contributed by atoms with E-state index < -0.39 is 6.09 Å². The van der Waals surface area contributed by atoms with Gasteiger partial charge >= 0.3 is 6.09 Å². The van der Waals surface area contributed by atoms with Crippen molar-refractivity contribution in [3.05, 3.63) is 0 Å². The summed E-state index contributed by atoms with van der Waals surface area (Å²) in [5.41, 5.74) is 5.94. The lowest BCUT2D eigenvalue weighted by molar-refractivity contribution is -0.0283. The molecule has 0 spiro atoms. The van der Waals surface area contributed by atoms with Crippen LogP contribution in [0.1, 0.15) is 65.2 Å². The number of nitrogens with zero attached hydrogens (tertiary/aromatic N) is 1. The lowest BCUT2D eigenvalue weighted by Crippen LogP contribution is -2.51. The van der Waals surface area contributed by atoms with Gasteiger partial charge in [0.1, 0.15) is 0 Å². The van der Waals surface area contributed by atoms with Crippen molar-refractivity contribution in [2.75, 3.05) is 6.61 Å². The molecule has 1 aliphatic heterocycles. The third-order valence-corrected chi connectivity index (χ3v) is 5.38. The van der Waals surface area contributed by atoms with E-state index >= 15 is 0 Å². The summed E-state index contributed by atoms with van der Waals surface area (Å²) < 4.78 is 6.02. The third-order valence-electron chi connectivity index (χ3n) is 5.38. The summed E-state index contributed by atoms with van der Waals surface area (Å²) >= 11 is 0. The number of hydrogen-bond donors (Lipinski definition) is 2. The number of likely N-dealkylation sites (tertiary alicyclic amines) is 1. The first kappa shape index (κ1) is 17.5. The van der Waals surface area contributed by atoms with Crippen molar-refractivity contribution in [1.29, 1.82) is 0 Å². The van der Waals surface area contributed by atoms with Crippen molar-refractivity contribution in [3.8, 4) is 0 Å². The number of nitrogens with two attached hydrogens (primary N) is 1. The number of rotatable bonds is 5. The first-order valence-electron chi connectivity index (χ1n) is 8.85.